The molecule has 2 aliphatic rings. The van der Waals surface area contributed by atoms with Gasteiger partial charge in [0.1, 0.15) is 24.7 Å². The minimum atomic E-state index is 0.305. The summed E-state index contributed by atoms with van der Waals surface area (Å²) in [5, 5.41) is 3.73. The smallest absolute Gasteiger partial charge is 0.223 e. The van der Waals surface area contributed by atoms with E-state index >= 15 is 0 Å². The van der Waals surface area contributed by atoms with Gasteiger partial charge in [0.2, 0.25) is 5.91 Å². The fourth-order valence-electron chi connectivity index (χ4n) is 8.97. The van der Waals surface area contributed by atoms with Crippen LogP contribution < -0.4 is 14.8 Å². The van der Waals surface area contributed by atoms with Crippen LogP contribution in [0.2, 0.25) is 0 Å². The maximum absolute atomic E-state index is 13.4. The second-order valence-electron chi connectivity index (χ2n) is 18.1. The van der Waals surface area contributed by atoms with Crippen LogP contribution >= 0.6 is 0 Å². The first-order valence-corrected chi connectivity index (χ1v) is 24.6. The van der Waals surface area contributed by atoms with Crippen molar-refractivity contribution in [3.63, 3.8) is 0 Å². The molecular weight excluding hydrogens is 813 g/mol. The average Bonchev–Trinajstić information content (AvgIpc) is 3.38. The van der Waals surface area contributed by atoms with Crippen molar-refractivity contribution in [2.24, 2.45) is 0 Å². The van der Waals surface area contributed by atoms with Gasteiger partial charge in [0.05, 0.1) is 0 Å². The molecule has 1 amide bonds. The summed E-state index contributed by atoms with van der Waals surface area (Å²) in [7, 11) is 0. The van der Waals surface area contributed by atoms with Crippen LogP contribution in [0.25, 0.3) is 0 Å². The maximum Gasteiger partial charge on any atom is 0.223 e. The molecule has 66 heavy (non-hydrogen) atoms. The number of rotatable bonds is 21. The topological polar surface area (TPSA) is 57.3 Å². The van der Waals surface area contributed by atoms with E-state index in [2.05, 4.69) is 148 Å². The molecule has 8 rings (SSSR count). The van der Waals surface area contributed by atoms with E-state index in [4.69, 9.17) is 9.47 Å². The van der Waals surface area contributed by atoms with Gasteiger partial charge >= 0.3 is 0 Å². The summed E-state index contributed by atoms with van der Waals surface area (Å²) in [5.74, 6) is 2.09. The van der Waals surface area contributed by atoms with Crippen molar-refractivity contribution >= 4 is 5.91 Å². The molecule has 0 radical (unpaired) electrons. The first kappa shape index (κ1) is 48.2. The van der Waals surface area contributed by atoms with Gasteiger partial charge in [-0.3, -0.25) is 14.6 Å². The Kier molecular flexibility index (Phi) is 19.8. The molecule has 346 valence electrons. The largest absolute Gasteiger partial charge is 0.489 e. The highest BCUT2D eigenvalue weighted by Gasteiger charge is 2.28. The highest BCUT2D eigenvalue weighted by Crippen LogP contribution is 2.24. The Morgan fingerprint density at radius 2 is 0.955 bits per heavy atom. The molecule has 6 aromatic carbocycles. The van der Waals surface area contributed by atoms with Crippen molar-refractivity contribution in [3.8, 4) is 11.5 Å². The van der Waals surface area contributed by atoms with Crippen LogP contribution in [0.15, 0.2) is 170 Å². The number of carbonyl (C=O) groups excluding carboxylic acids is 1. The van der Waals surface area contributed by atoms with Gasteiger partial charge in [-0.25, -0.2) is 0 Å². The molecule has 0 aromatic heterocycles. The molecule has 2 heterocycles. The number of benzene rings is 6. The zero-order chi connectivity index (χ0) is 45.4. The summed E-state index contributed by atoms with van der Waals surface area (Å²) in [5.41, 5.74) is 7.60. The Morgan fingerprint density at radius 3 is 1.42 bits per heavy atom. The molecule has 0 spiro atoms. The van der Waals surface area contributed by atoms with E-state index in [9.17, 15) is 4.79 Å². The van der Waals surface area contributed by atoms with Gasteiger partial charge in [0.15, 0.2) is 0 Å². The lowest BCUT2D eigenvalue weighted by atomic mass is 10.00. The summed E-state index contributed by atoms with van der Waals surface area (Å²) in [6, 6.07) is 59.6. The first-order valence-electron chi connectivity index (χ1n) is 24.6. The van der Waals surface area contributed by atoms with Crippen LogP contribution in [-0.4, -0.2) is 58.9 Å². The summed E-state index contributed by atoms with van der Waals surface area (Å²) in [4.78, 5) is 20.7. The van der Waals surface area contributed by atoms with E-state index in [0.29, 0.717) is 44.2 Å². The van der Waals surface area contributed by atoms with Crippen molar-refractivity contribution in [2.45, 2.75) is 116 Å². The van der Waals surface area contributed by atoms with Crippen molar-refractivity contribution in [1.82, 2.24) is 20.0 Å². The molecule has 7 heteroatoms. The summed E-state index contributed by atoms with van der Waals surface area (Å²) in [6.45, 7) is 11.4. The molecule has 0 aliphatic carbocycles. The third-order valence-corrected chi connectivity index (χ3v) is 12.9. The second kappa shape index (κ2) is 27.0. The summed E-state index contributed by atoms with van der Waals surface area (Å²) < 4.78 is 11.8. The number of nitrogens with zero attached hydrogens (tertiary/aromatic N) is 3. The molecule has 2 saturated heterocycles. The zero-order valence-electron chi connectivity index (χ0n) is 39.3. The zero-order valence-corrected chi connectivity index (χ0v) is 39.3. The van der Waals surface area contributed by atoms with Gasteiger partial charge in [-0.1, -0.05) is 172 Å². The molecule has 7 nitrogen and oxygen atoms in total. The van der Waals surface area contributed by atoms with E-state index in [-0.39, 0.29) is 0 Å². The summed E-state index contributed by atoms with van der Waals surface area (Å²) in [6.07, 6.45) is 9.67. The lowest BCUT2D eigenvalue weighted by Gasteiger charge is -2.39. The molecule has 0 atom stereocenters. The van der Waals surface area contributed by atoms with Crippen molar-refractivity contribution in [3.05, 3.63) is 203 Å². The third-order valence-electron chi connectivity index (χ3n) is 12.9. The minimum absolute atomic E-state index is 0.305. The lowest BCUT2D eigenvalue weighted by molar-refractivity contribution is -0.135. The van der Waals surface area contributed by atoms with Crippen LogP contribution in [0.1, 0.15) is 98.1 Å². The average molecular weight is 885 g/mol. The number of unbranched alkanes of at least 4 members (excludes halogenated alkanes) is 3. The SMILES string of the molecule is CCCCCCC(=O)N(Cc1ccc(OCc2ccccc2)cc1)C1CCN(Cc2ccccc2)CC1.c1ccc(COc2ccc(CNC3CCN(Cc4ccccc4)CC3)cc2)cc1. The van der Waals surface area contributed by atoms with Gasteiger partial charge in [0.25, 0.3) is 0 Å². The Labute approximate surface area is 395 Å². The minimum Gasteiger partial charge on any atom is -0.489 e. The second-order valence-corrected chi connectivity index (χ2v) is 18.1. The van der Waals surface area contributed by atoms with Gasteiger partial charge in [-0.05, 0) is 103 Å². The van der Waals surface area contributed by atoms with Gasteiger partial charge in [-0.2, -0.15) is 0 Å². The Morgan fingerprint density at radius 1 is 0.515 bits per heavy atom. The standard InChI is InChI=1S/C33H42N2O2.C26H30N2O/c1-2-3-4-11-16-33(36)35(31-21-23-34(24-22-31)25-28-12-7-5-8-13-28)26-29-17-19-32(20-18-29)37-27-30-14-9-6-10-15-30;1-3-7-23(8-4-1)20-28-17-15-25(16-18-28)27-19-22-11-13-26(14-12-22)29-21-24-9-5-2-6-10-24/h5-10,12-15,17-20,31H,2-4,11,16,21-27H2,1H3;1-14,25,27H,15-21H2. The predicted molar refractivity (Wildman–Crippen MR) is 270 cm³/mol. The van der Waals surface area contributed by atoms with Gasteiger partial charge in [0, 0.05) is 57.8 Å². The van der Waals surface area contributed by atoms with Crippen LogP contribution in [0.4, 0.5) is 0 Å². The van der Waals surface area contributed by atoms with Gasteiger partial charge in [-0.15, -0.1) is 0 Å². The molecule has 0 bridgehead atoms. The first-order chi connectivity index (χ1) is 32.6. The molecule has 2 aliphatic heterocycles. The van der Waals surface area contributed by atoms with Crippen LogP contribution in [0, 0.1) is 0 Å². The molecular formula is C59H72N4O3. The van der Waals surface area contributed by atoms with E-state index in [1.807, 2.05) is 48.5 Å². The van der Waals surface area contributed by atoms with Crippen molar-refractivity contribution in [1.29, 1.82) is 0 Å². The van der Waals surface area contributed by atoms with Crippen molar-refractivity contribution < 1.29 is 14.3 Å². The Balaban J connectivity index is 0.000000202. The maximum atomic E-state index is 13.4. The van der Waals surface area contributed by atoms with E-state index < -0.39 is 0 Å². The molecule has 0 unspecified atom stereocenters. The number of hydrogen-bond donors (Lipinski definition) is 1. The van der Waals surface area contributed by atoms with Crippen LogP contribution in [0.3, 0.4) is 0 Å². The van der Waals surface area contributed by atoms with E-state index in [0.717, 1.165) is 75.5 Å². The highest BCUT2D eigenvalue weighted by atomic mass is 16.5. The highest BCUT2D eigenvalue weighted by molar-refractivity contribution is 5.76. The number of carbonyl (C=O) groups is 1. The number of amides is 1. The van der Waals surface area contributed by atoms with Crippen LogP contribution in [-0.2, 0) is 44.2 Å². The normalized spacial score (nSPS) is 14.8. The number of piperidine rings is 2. The number of nitrogens with one attached hydrogen (secondary N) is 1. The lowest BCUT2D eigenvalue weighted by Crippen LogP contribution is -2.46. The van der Waals surface area contributed by atoms with E-state index in [1.54, 1.807) is 0 Å². The Hall–Kier alpha value is -5.73. The van der Waals surface area contributed by atoms with Crippen molar-refractivity contribution in [2.75, 3.05) is 26.2 Å². The van der Waals surface area contributed by atoms with Gasteiger partial charge < -0.3 is 19.7 Å². The molecule has 6 aromatic rings. The molecule has 0 saturated carbocycles. The predicted octanol–water partition coefficient (Wildman–Crippen LogP) is 12.2. The number of ether oxygens (including phenoxy) is 2. The molecule has 1 N–H and O–H groups in total. The summed E-state index contributed by atoms with van der Waals surface area (Å²) >= 11 is 0. The number of hydrogen-bond acceptors (Lipinski definition) is 6. The fraction of sp³-hybridized carbons (Fsp3) is 0.373. The number of likely N-dealkylation sites (tertiary alicyclic amines) is 2. The molecule has 2 fully saturated rings. The van der Waals surface area contributed by atoms with E-state index in [1.165, 1.54) is 66.6 Å². The monoisotopic (exact) mass is 885 g/mol. The Bertz CT molecular complexity index is 2210. The third kappa shape index (κ3) is 16.6. The fourth-order valence-corrected chi connectivity index (χ4v) is 8.97. The van der Waals surface area contributed by atoms with Crippen LogP contribution in [0.5, 0.6) is 11.5 Å². The quantitative estimate of drug-likeness (QED) is 0.0727.